The maximum atomic E-state index is 13.6. The fourth-order valence-corrected chi connectivity index (χ4v) is 8.70. The molecule has 0 radical (unpaired) electrons. The van der Waals surface area contributed by atoms with E-state index in [0.29, 0.717) is 24.9 Å². The lowest BCUT2D eigenvalue weighted by Crippen LogP contribution is -2.64. The van der Waals surface area contributed by atoms with Crippen LogP contribution in [0.3, 0.4) is 0 Å². The number of para-hydroxylation sites is 1. The van der Waals surface area contributed by atoms with Crippen LogP contribution in [0.25, 0.3) is 0 Å². The predicted octanol–water partition coefficient (Wildman–Crippen LogP) is 5.99. The summed E-state index contributed by atoms with van der Waals surface area (Å²) >= 11 is 0. The van der Waals surface area contributed by atoms with Crippen molar-refractivity contribution in [2.24, 2.45) is 39.4 Å². The Kier molecular flexibility index (Phi) is 4.89. The summed E-state index contributed by atoms with van der Waals surface area (Å²) in [6.45, 7) is 10.0. The van der Waals surface area contributed by atoms with Crippen LogP contribution < -0.4 is 5.32 Å². The normalized spacial score (nSPS) is 42.1. The van der Waals surface area contributed by atoms with Crippen LogP contribution in [-0.2, 0) is 14.3 Å². The van der Waals surface area contributed by atoms with Gasteiger partial charge < -0.3 is 10.1 Å². The molecular formula is C28H37NO3. The topological polar surface area (TPSA) is 55.4 Å². The molecule has 5 rings (SSSR count). The van der Waals surface area contributed by atoms with Crippen molar-refractivity contribution in [3.63, 3.8) is 0 Å². The van der Waals surface area contributed by atoms with Crippen LogP contribution in [0.15, 0.2) is 42.5 Å². The summed E-state index contributed by atoms with van der Waals surface area (Å²) in [5.74, 6) is 0.810. The van der Waals surface area contributed by atoms with Crippen molar-refractivity contribution in [3.05, 3.63) is 42.5 Å². The highest BCUT2D eigenvalue weighted by molar-refractivity contribution is 5.94. The Labute approximate surface area is 192 Å². The van der Waals surface area contributed by atoms with E-state index in [0.717, 1.165) is 37.8 Å². The summed E-state index contributed by atoms with van der Waals surface area (Å²) in [6, 6.07) is 9.68. The Bertz CT molecular complexity index is 953. The number of cyclic esters (lactones) is 1. The number of anilines is 1. The first-order valence-corrected chi connectivity index (χ1v) is 12.3. The summed E-state index contributed by atoms with van der Waals surface area (Å²) < 4.78 is 5.67. The zero-order chi connectivity index (χ0) is 22.8. The third-order valence-corrected chi connectivity index (χ3v) is 10.2. The van der Waals surface area contributed by atoms with Crippen LogP contribution >= 0.6 is 0 Å². The van der Waals surface area contributed by atoms with Gasteiger partial charge in [-0.3, -0.25) is 9.59 Å². The molecule has 6 atom stereocenters. The molecule has 1 amide bonds. The third-order valence-electron chi connectivity index (χ3n) is 10.2. The van der Waals surface area contributed by atoms with E-state index >= 15 is 0 Å². The molecule has 1 aromatic carbocycles. The van der Waals surface area contributed by atoms with Gasteiger partial charge in [-0.2, -0.15) is 0 Å². The summed E-state index contributed by atoms with van der Waals surface area (Å²) in [4.78, 5) is 26.2. The molecule has 1 saturated heterocycles. The van der Waals surface area contributed by atoms with E-state index in [2.05, 4.69) is 45.2 Å². The number of rotatable bonds is 2. The fourth-order valence-electron chi connectivity index (χ4n) is 8.70. The minimum atomic E-state index is -0.425. The number of nitrogens with one attached hydrogen (secondary N) is 1. The molecule has 1 unspecified atom stereocenters. The molecular weight excluding hydrogens is 398 g/mol. The zero-order valence-electron chi connectivity index (χ0n) is 19.9. The van der Waals surface area contributed by atoms with Gasteiger partial charge in [-0.15, -0.1) is 0 Å². The van der Waals surface area contributed by atoms with Crippen LogP contribution in [0.2, 0.25) is 0 Å². The molecule has 172 valence electrons. The fraction of sp³-hybridized carbons (Fsp3) is 0.643. The van der Waals surface area contributed by atoms with Crippen LogP contribution in [-0.4, -0.2) is 18.5 Å². The minimum Gasteiger partial charge on any atom is -0.465 e. The van der Waals surface area contributed by atoms with Crippen molar-refractivity contribution in [3.8, 4) is 0 Å². The van der Waals surface area contributed by atoms with Gasteiger partial charge in [0.05, 0.1) is 13.0 Å². The average Bonchev–Trinajstić information content (AvgIpc) is 3.12. The van der Waals surface area contributed by atoms with Gasteiger partial charge in [0, 0.05) is 17.0 Å². The van der Waals surface area contributed by atoms with Crippen molar-refractivity contribution >= 4 is 17.6 Å². The van der Waals surface area contributed by atoms with E-state index in [1.54, 1.807) is 0 Å². The van der Waals surface area contributed by atoms with E-state index in [-0.39, 0.29) is 34.0 Å². The predicted molar refractivity (Wildman–Crippen MR) is 126 cm³/mol. The molecule has 1 spiro atoms. The van der Waals surface area contributed by atoms with Gasteiger partial charge in [0.25, 0.3) is 0 Å². The molecule has 2 saturated carbocycles. The van der Waals surface area contributed by atoms with E-state index in [4.69, 9.17) is 4.74 Å². The second-order valence-corrected chi connectivity index (χ2v) is 12.0. The molecule has 4 nitrogen and oxygen atoms in total. The number of esters is 1. The van der Waals surface area contributed by atoms with Crippen molar-refractivity contribution in [2.45, 2.75) is 66.2 Å². The van der Waals surface area contributed by atoms with Crippen molar-refractivity contribution < 1.29 is 14.3 Å². The molecule has 32 heavy (non-hydrogen) atoms. The van der Waals surface area contributed by atoms with Crippen LogP contribution in [0.1, 0.15) is 66.2 Å². The first-order valence-electron chi connectivity index (χ1n) is 12.3. The monoisotopic (exact) mass is 435 g/mol. The Balaban J connectivity index is 1.53. The molecule has 0 bridgehead atoms. The highest BCUT2D eigenvalue weighted by Gasteiger charge is 2.69. The van der Waals surface area contributed by atoms with Crippen molar-refractivity contribution in [1.82, 2.24) is 0 Å². The van der Waals surface area contributed by atoms with Gasteiger partial charge in [0.15, 0.2) is 0 Å². The van der Waals surface area contributed by atoms with Gasteiger partial charge >= 0.3 is 5.97 Å². The summed E-state index contributed by atoms with van der Waals surface area (Å²) in [5, 5.41) is 3.15. The highest BCUT2D eigenvalue weighted by atomic mass is 16.5. The Morgan fingerprint density at radius 1 is 1.03 bits per heavy atom. The maximum Gasteiger partial charge on any atom is 0.306 e. The second-order valence-electron chi connectivity index (χ2n) is 12.0. The van der Waals surface area contributed by atoms with E-state index in [1.165, 1.54) is 0 Å². The van der Waals surface area contributed by atoms with Gasteiger partial charge in [-0.1, -0.05) is 58.0 Å². The zero-order valence-corrected chi connectivity index (χ0v) is 19.9. The molecule has 3 aliphatic carbocycles. The Morgan fingerprint density at radius 2 is 1.78 bits per heavy atom. The van der Waals surface area contributed by atoms with Gasteiger partial charge in [0.2, 0.25) is 5.91 Å². The first kappa shape index (κ1) is 21.7. The molecule has 4 aliphatic rings. The lowest BCUT2D eigenvalue weighted by atomic mass is 9.36. The van der Waals surface area contributed by atoms with Gasteiger partial charge in [-0.05, 0) is 72.3 Å². The maximum absolute atomic E-state index is 13.6. The summed E-state index contributed by atoms with van der Waals surface area (Å²) in [6.07, 6.45) is 10.3. The van der Waals surface area contributed by atoms with Crippen LogP contribution in [0.4, 0.5) is 5.69 Å². The summed E-state index contributed by atoms with van der Waals surface area (Å²) in [5.41, 5.74) is 0.670. The lowest BCUT2D eigenvalue weighted by molar-refractivity contribution is -0.196. The number of carbonyl (C=O) groups is 2. The minimum absolute atomic E-state index is 0.0466. The average molecular weight is 436 g/mol. The van der Waals surface area contributed by atoms with Crippen LogP contribution in [0.5, 0.6) is 0 Å². The molecule has 0 aromatic heterocycles. The number of amides is 1. The molecule has 3 fully saturated rings. The number of allylic oxidation sites excluding steroid dienone is 2. The second kappa shape index (κ2) is 7.20. The van der Waals surface area contributed by atoms with Crippen molar-refractivity contribution in [2.75, 3.05) is 11.9 Å². The molecule has 1 N–H and O–H groups in total. The summed E-state index contributed by atoms with van der Waals surface area (Å²) in [7, 11) is 0. The number of carbonyl (C=O) groups excluding carboxylic acids is 2. The largest absolute Gasteiger partial charge is 0.465 e. The van der Waals surface area contributed by atoms with E-state index < -0.39 is 5.41 Å². The number of hydrogen-bond donors (Lipinski definition) is 1. The van der Waals surface area contributed by atoms with E-state index in [1.807, 2.05) is 30.3 Å². The van der Waals surface area contributed by atoms with Gasteiger partial charge in [-0.25, -0.2) is 0 Å². The quantitative estimate of drug-likeness (QED) is 0.458. The number of ether oxygens (including phenoxy) is 1. The SMILES string of the molecule is CC1(C)C=CC[C@@]2(C)C1CC[C@]1(C)[C@@H]2CC[C@H](C(=O)Nc2ccccc2)[C@]12COC(=O)C2. The smallest absolute Gasteiger partial charge is 0.306 e. The lowest BCUT2D eigenvalue weighted by Gasteiger charge is -2.68. The highest BCUT2D eigenvalue weighted by Crippen LogP contribution is 2.72. The van der Waals surface area contributed by atoms with Crippen LogP contribution in [0, 0.1) is 39.4 Å². The Morgan fingerprint density at radius 3 is 2.47 bits per heavy atom. The molecule has 1 aliphatic heterocycles. The number of benzene rings is 1. The van der Waals surface area contributed by atoms with E-state index in [9.17, 15) is 9.59 Å². The Hall–Kier alpha value is -2.10. The number of fused-ring (bicyclic) bond motifs is 4. The molecule has 1 aromatic rings. The standard InChI is InChI=1S/C28H37NO3/c1-25(2)14-8-15-26(3)21(25)13-16-27(4)22(26)12-11-20(28(27)17-23(30)32-18-28)24(31)29-19-9-6-5-7-10-19/h5-10,14,20-22H,11-13,15-18H2,1-4H3,(H,29,31)/t20-,21?,22-,26+,27-,28+/m1/s1. The third kappa shape index (κ3) is 2.94. The number of hydrogen-bond acceptors (Lipinski definition) is 3. The molecule has 4 heteroatoms. The first-order chi connectivity index (χ1) is 15.1. The van der Waals surface area contributed by atoms with Crippen molar-refractivity contribution in [1.29, 1.82) is 0 Å². The van der Waals surface area contributed by atoms with Gasteiger partial charge in [0.1, 0.15) is 0 Å². The molecule has 1 heterocycles.